The van der Waals surface area contributed by atoms with Crippen molar-refractivity contribution < 1.29 is 28.2 Å². The fraction of sp³-hybridized carbons (Fsp3) is 0.238. The van der Waals surface area contributed by atoms with Gasteiger partial charge in [-0.3, -0.25) is 4.79 Å². The van der Waals surface area contributed by atoms with Gasteiger partial charge < -0.3 is 19.5 Å². The maximum atomic E-state index is 14.3. The second-order valence-electron chi connectivity index (χ2n) is 6.19. The molecule has 1 aromatic heterocycles. The first-order chi connectivity index (χ1) is 14.0. The summed E-state index contributed by atoms with van der Waals surface area (Å²) >= 11 is 1.10. The Hall–Kier alpha value is -2.97. The Labute approximate surface area is 171 Å². The van der Waals surface area contributed by atoms with Crippen LogP contribution in [0.2, 0.25) is 0 Å². The van der Waals surface area contributed by atoms with Crippen LogP contribution in [0.1, 0.15) is 22.2 Å². The van der Waals surface area contributed by atoms with Gasteiger partial charge in [0.2, 0.25) is 0 Å². The van der Waals surface area contributed by atoms with Crippen LogP contribution in [0.25, 0.3) is 10.1 Å². The molecule has 0 saturated carbocycles. The third-order valence-electron chi connectivity index (χ3n) is 4.26. The molecule has 6 nitrogen and oxygen atoms in total. The summed E-state index contributed by atoms with van der Waals surface area (Å²) in [5.41, 5.74) is 0.875. The zero-order valence-corrected chi connectivity index (χ0v) is 17.0. The van der Waals surface area contributed by atoms with E-state index >= 15 is 0 Å². The van der Waals surface area contributed by atoms with Gasteiger partial charge in [-0.05, 0) is 31.2 Å². The van der Waals surface area contributed by atoms with Gasteiger partial charge in [-0.15, -0.1) is 11.3 Å². The summed E-state index contributed by atoms with van der Waals surface area (Å²) in [5.74, 6) is -1.17. The van der Waals surface area contributed by atoms with E-state index in [2.05, 4.69) is 5.32 Å². The molecule has 0 saturated heterocycles. The molecule has 0 unspecified atom stereocenters. The molecule has 0 aliphatic rings. The predicted octanol–water partition coefficient (Wildman–Crippen LogP) is 4.38. The van der Waals surface area contributed by atoms with Crippen LogP contribution in [-0.2, 0) is 20.9 Å². The molecule has 3 rings (SSSR count). The normalized spacial score (nSPS) is 11.9. The van der Waals surface area contributed by atoms with Gasteiger partial charge in [0.05, 0.1) is 19.4 Å². The minimum Gasteiger partial charge on any atom is -0.495 e. The number of fused-ring (bicyclic) bond motifs is 1. The minimum absolute atomic E-state index is 0.0488. The molecular formula is C21H20FNO5S. The highest BCUT2D eigenvalue weighted by Crippen LogP contribution is 2.34. The van der Waals surface area contributed by atoms with Crippen molar-refractivity contribution in [1.82, 2.24) is 0 Å². The number of carbonyl (C=O) groups is 2. The molecule has 8 heteroatoms. The van der Waals surface area contributed by atoms with E-state index < -0.39 is 23.8 Å². The van der Waals surface area contributed by atoms with Crippen molar-refractivity contribution in [1.29, 1.82) is 0 Å². The second-order valence-corrected chi connectivity index (χ2v) is 7.24. The fourth-order valence-corrected chi connectivity index (χ4v) is 3.97. The molecule has 1 atom stereocenters. The summed E-state index contributed by atoms with van der Waals surface area (Å²) < 4.78 is 30.6. The highest BCUT2D eigenvalue weighted by atomic mass is 32.1. The number of nitrogens with one attached hydrogen (secondary N) is 1. The Balaban J connectivity index is 1.80. The Morgan fingerprint density at radius 2 is 1.90 bits per heavy atom. The second kappa shape index (κ2) is 9.02. The molecule has 0 bridgehead atoms. The Morgan fingerprint density at radius 1 is 1.14 bits per heavy atom. The van der Waals surface area contributed by atoms with Crippen LogP contribution in [-0.4, -0.2) is 32.2 Å². The molecular weight excluding hydrogens is 397 g/mol. The molecule has 0 radical (unpaired) electrons. The van der Waals surface area contributed by atoms with Crippen LogP contribution >= 0.6 is 11.3 Å². The van der Waals surface area contributed by atoms with E-state index in [0.29, 0.717) is 27.1 Å². The third-order valence-corrected chi connectivity index (χ3v) is 5.43. The van der Waals surface area contributed by atoms with Gasteiger partial charge in [0.25, 0.3) is 5.91 Å². The van der Waals surface area contributed by atoms with Crippen molar-refractivity contribution in [2.24, 2.45) is 0 Å². The number of hydrogen-bond acceptors (Lipinski definition) is 6. The SMILES string of the molecule is COCc1c(C(=O)O[C@H](C)C(=O)Nc2ccccc2OC)sc2cccc(F)c12. The van der Waals surface area contributed by atoms with Crippen molar-refractivity contribution in [2.45, 2.75) is 19.6 Å². The lowest BCUT2D eigenvalue weighted by Crippen LogP contribution is -2.30. The standard InChI is InChI=1S/C21H20FNO5S/c1-12(20(24)23-15-8-4-5-9-16(15)27-3)28-21(25)19-13(11-26-2)18-14(22)7-6-10-17(18)29-19/h4-10,12H,11H2,1-3H3,(H,23,24)/t12-/m1/s1. The third kappa shape index (κ3) is 4.38. The van der Waals surface area contributed by atoms with Crippen molar-refractivity contribution in [3.05, 3.63) is 58.7 Å². The Bertz CT molecular complexity index is 1050. The van der Waals surface area contributed by atoms with Crippen molar-refractivity contribution in [2.75, 3.05) is 19.5 Å². The lowest BCUT2D eigenvalue weighted by molar-refractivity contribution is -0.123. The van der Waals surface area contributed by atoms with Crippen molar-refractivity contribution >= 4 is 39.0 Å². The molecule has 0 fully saturated rings. The molecule has 1 N–H and O–H groups in total. The van der Waals surface area contributed by atoms with E-state index in [0.717, 1.165) is 11.3 Å². The molecule has 29 heavy (non-hydrogen) atoms. The van der Waals surface area contributed by atoms with Crippen LogP contribution in [0.15, 0.2) is 42.5 Å². The molecule has 3 aromatic rings. The highest BCUT2D eigenvalue weighted by Gasteiger charge is 2.25. The van der Waals surface area contributed by atoms with Crippen LogP contribution in [0.3, 0.4) is 0 Å². The lowest BCUT2D eigenvalue weighted by atomic mass is 10.1. The number of ether oxygens (including phenoxy) is 3. The first-order valence-electron chi connectivity index (χ1n) is 8.80. The van der Waals surface area contributed by atoms with Gasteiger partial charge in [0, 0.05) is 22.8 Å². The number of halogens is 1. The van der Waals surface area contributed by atoms with Crippen LogP contribution < -0.4 is 10.1 Å². The number of hydrogen-bond donors (Lipinski definition) is 1. The lowest BCUT2D eigenvalue weighted by Gasteiger charge is -2.15. The Kier molecular flexibility index (Phi) is 6.46. The number of methoxy groups -OCH3 is 2. The van der Waals surface area contributed by atoms with Crippen molar-refractivity contribution in [3.63, 3.8) is 0 Å². The maximum absolute atomic E-state index is 14.3. The first-order valence-corrected chi connectivity index (χ1v) is 9.61. The van der Waals surface area contributed by atoms with E-state index in [9.17, 15) is 14.0 Å². The van der Waals surface area contributed by atoms with Gasteiger partial charge >= 0.3 is 5.97 Å². The summed E-state index contributed by atoms with van der Waals surface area (Å²) in [6.45, 7) is 1.51. The molecule has 0 aliphatic heterocycles. The summed E-state index contributed by atoms with van der Waals surface area (Å²) in [7, 11) is 2.95. The summed E-state index contributed by atoms with van der Waals surface area (Å²) in [5, 5.41) is 3.00. The number of esters is 1. The summed E-state index contributed by atoms with van der Waals surface area (Å²) in [6, 6.07) is 11.5. The monoisotopic (exact) mass is 417 g/mol. The van der Waals surface area contributed by atoms with E-state index in [1.807, 2.05) is 0 Å². The zero-order valence-electron chi connectivity index (χ0n) is 16.2. The molecule has 152 valence electrons. The summed E-state index contributed by atoms with van der Waals surface area (Å²) in [4.78, 5) is 25.4. The average Bonchev–Trinajstić information content (AvgIpc) is 3.08. The Morgan fingerprint density at radius 3 is 2.62 bits per heavy atom. The molecule has 0 aliphatic carbocycles. The van der Waals surface area contributed by atoms with E-state index in [4.69, 9.17) is 14.2 Å². The predicted molar refractivity (Wildman–Crippen MR) is 109 cm³/mol. The van der Waals surface area contributed by atoms with Gasteiger partial charge in [-0.1, -0.05) is 18.2 Å². The maximum Gasteiger partial charge on any atom is 0.349 e. The average molecular weight is 417 g/mol. The highest BCUT2D eigenvalue weighted by molar-refractivity contribution is 7.21. The van der Waals surface area contributed by atoms with E-state index in [-0.39, 0.29) is 11.5 Å². The zero-order chi connectivity index (χ0) is 21.0. The number of carbonyl (C=O) groups excluding carboxylic acids is 2. The molecule has 1 heterocycles. The number of amides is 1. The number of para-hydroxylation sites is 2. The van der Waals surface area contributed by atoms with Gasteiger partial charge in [-0.2, -0.15) is 0 Å². The summed E-state index contributed by atoms with van der Waals surface area (Å²) in [6.07, 6.45) is -1.07. The van der Waals surface area contributed by atoms with Gasteiger partial charge in [0.15, 0.2) is 6.10 Å². The van der Waals surface area contributed by atoms with Crippen molar-refractivity contribution in [3.8, 4) is 5.75 Å². The largest absolute Gasteiger partial charge is 0.495 e. The molecule has 1 amide bonds. The number of thiophene rings is 1. The number of benzene rings is 2. The smallest absolute Gasteiger partial charge is 0.349 e. The van der Waals surface area contributed by atoms with E-state index in [1.165, 1.54) is 27.2 Å². The first kappa shape index (κ1) is 20.8. The minimum atomic E-state index is -1.07. The molecule has 2 aromatic carbocycles. The van der Waals surface area contributed by atoms with Gasteiger partial charge in [0.1, 0.15) is 16.4 Å². The number of anilines is 1. The van der Waals surface area contributed by atoms with Crippen LogP contribution in [0, 0.1) is 5.82 Å². The number of rotatable bonds is 7. The van der Waals surface area contributed by atoms with E-state index in [1.54, 1.807) is 36.4 Å². The van der Waals surface area contributed by atoms with Gasteiger partial charge in [-0.25, -0.2) is 9.18 Å². The molecule has 0 spiro atoms. The fourth-order valence-electron chi connectivity index (χ4n) is 2.86. The van der Waals surface area contributed by atoms with Crippen LogP contribution in [0.5, 0.6) is 5.75 Å². The van der Waals surface area contributed by atoms with Crippen LogP contribution in [0.4, 0.5) is 10.1 Å². The topological polar surface area (TPSA) is 73.9 Å². The quantitative estimate of drug-likeness (QED) is 0.578.